The van der Waals surface area contributed by atoms with Crippen LogP contribution in [0.25, 0.3) is 0 Å². The number of ether oxygens (including phenoxy) is 1. The fourth-order valence-electron chi connectivity index (χ4n) is 1.26. The maximum atomic E-state index is 12.0. The molecule has 0 atom stereocenters. The first-order chi connectivity index (χ1) is 7.23. The smallest absolute Gasteiger partial charge is 0.387 e. The van der Waals surface area contributed by atoms with Crippen molar-refractivity contribution in [2.24, 2.45) is 0 Å². The molecule has 0 fully saturated rings. The Kier molecular flexibility index (Phi) is 3.75. The van der Waals surface area contributed by atoms with Crippen LogP contribution in [0.1, 0.15) is 11.1 Å². The molecule has 1 aromatic rings. The third kappa shape index (κ3) is 2.82. The van der Waals surface area contributed by atoms with Gasteiger partial charge in [-0.05, 0) is 37.1 Å². The lowest BCUT2D eigenvalue weighted by Gasteiger charge is -2.12. The van der Waals surface area contributed by atoms with Crippen molar-refractivity contribution >= 4 is 19.7 Å². The fourth-order valence-corrected chi connectivity index (χ4v) is 2.51. The molecule has 1 rings (SSSR count). The summed E-state index contributed by atoms with van der Waals surface area (Å²) in [7, 11) is 1.31. The monoisotopic (exact) mass is 270 g/mol. The van der Waals surface area contributed by atoms with Crippen molar-refractivity contribution in [1.82, 2.24) is 0 Å². The minimum atomic E-state index is -3.87. The molecule has 0 amide bonds. The summed E-state index contributed by atoms with van der Waals surface area (Å²) in [5, 5.41) is 0. The molecule has 0 bridgehead atoms. The van der Waals surface area contributed by atoms with Crippen molar-refractivity contribution in [1.29, 1.82) is 0 Å². The van der Waals surface area contributed by atoms with E-state index in [-0.39, 0.29) is 10.6 Å². The molecule has 0 aliphatic rings. The average molecular weight is 271 g/mol. The second kappa shape index (κ2) is 4.55. The summed E-state index contributed by atoms with van der Waals surface area (Å²) in [6, 6.07) is 2.30. The Hall–Kier alpha value is -0.880. The Balaban J connectivity index is 3.29. The maximum absolute atomic E-state index is 12.0. The van der Waals surface area contributed by atoms with Gasteiger partial charge in [0.15, 0.2) is 0 Å². The topological polar surface area (TPSA) is 43.4 Å². The van der Waals surface area contributed by atoms with Gasteiger partial charge >= 0.3 is 6.61 Å². The van der Waals surface area contributed by atoms with Gasteiger partial charge < -0.3 is 4.74 Å². The molecule has 0 unspecified atom stereocenters. The second-order valence-corrected chi connectivity index (χ2v) is 5.66. The summed E-state index contributed by atoms with van der Waals surface area (Å²) in [6.45, 7) is 0.0122. The molecule has 3 nitrogen and oxygen atoms in total. The summed E-state index contributed by atoms with van der Waals surface area (Å²) >= 11 is 0. The molecule has 0 N–H and O–H groups in total. The summed E-state index contributed by atoms with van der Waals surface area (Å²) < 4.78 is 50.5. The molecule has 0 spiro atoms. The van der Waals surface area contributed by atoms with Gasteiger partial charge in [0, 0.05) is 10.7 Å². The minimum Gasteiger partial charge on any atom is -0.435 e. The molecule has 0 aliphatic heterocycles. The predicted octanol–water partition coefficient (Wildman–Crippen LogP) is 2.83. The number of rotatable bonds is 3. The minimum absolute atomic E-state index is 0.0587. The zero-order valence-electron chi connectivity index (χ0n) is 8.50. The summed E-state index contributed by atoms with van der Waals surface area (Å²) in [6.07, 6.45) is 0. The molecule has 0 aliphatic carbocycles. The molecular weight excluding hydrogens is 262 g/mol. The van der Waals surface area contributed by atoms with Crippen LogP contribution >= 0.6 is 10.7 Å². The van der Waals surface area contributed by atoms with Gasteiger partial charge in [-0.25, -0.2) is 8.42 Å². The quantitative estimate of drug-likeness (QED) is 0.793. The molecular formula is C9H9ClF2O3S. The van der Waals surface area contributed by atoms with Crippen molar-refractivity contribution in [2.75, 3.05) is 0 Å². The third-order valence-corrected chi connectivity index (χ3v) is 3.63. The Bertz CT molecular complexity index is 500. The van der Waals surface area contributed by atoms with E-state index in [0.717, 1.165) is 12.1 Å². The first-order valence-electron chi connectivity index (χ1n) is 4.23. The van der Waals surface area contributed by atoms with E-state index in [1.165, 1.54) is 13.8 Å². The van der Waals surface area contributed by atoms with Crippen molar-refractivity contribution in [3.63, 3.8) is 0 Å². The van der Waals surface area contributed by atoms with Crippen LogP contribution in [0.5, 0.6) is 5.75 Å². The number of hydrogen-bond donors (Lipinski definition) is 0. The number of alkyl halides is 2. The molecule has 1 aromatic carbocycles. The molecule has 0 saturated heterocycles. The van der Waals surface area contributed by atoms with Gasteiger partial charge in [0.25, 0.3) is 9.05 Å². The lowest BCUT2D eigenvalue weighted by molar-refractivity contribution is -0.0503. The van der Waals surface area contributed by atoms with Gasteiger partial charge in [0.1, 0.15) is 5.75 Å². The highest BCUT2D eigenvalue weighted by Gasteiger charge is 2.18. The Labute approximate surface area is 96.4 Å². The summed E-state index contributed by atoms with van der Waals surface area (Å²) in [4.78, 5) is -0.103. The van der Waals surface area contributed by atoms with Gasteiger partial charge in [-0.3, -0.25) is 0 Å². The third-order valence-electron chi connectivity index (χ3n) is 2.17. The molecule has 0 heterocycles. The van der Waals surface area contributed by atoms with Crippen LogP contribution in [0, 0.1) is 13.8 Å². The van der Waals surface area contributed by atoms with Crippen LogP contribution in [-0.4, -0.2) is 15.0 Å². The summed E-state index contributed by atoms with van der Waals surface area (Å²) in [5.74, 6) is -0.0587. The Morgan fingerprint density at radius 3 is 2.25 bits per heavy atom. The van der Waals surface area contributed by atoms with E-state index in [4.69, 9.17) is 10.7 Å². The van der Waals surface area contributed by atoms with Crippen LogP contribution in [-0.2, 0) is 9.05 Å². The predicted molar refractivity (Wildman–Crippen MR) is 55.6 cm³/mol. The Morgan fingerprint density at radius 1 is 1.25 bits per heavy atom. The van der Waals surface area contributed by atoms with Crippen LogP contribution in [0.2, 0.25) is 0 Å². The maximum Gasteiger partial charge on any atom is 0.387 e. The number of hydrogen-bond acceptors (Lipinski definition) is 3. The first kappa shape index (κ1) is 13.2. The average Bonchev–Trinajstić information content (AvgIpc) is 2.10. The SMILES string of the molecule is Cc1c(OC(F)F)ccc(S(=O)(=O)Cl)c1C. The zero-order chi connectivity index (χ0) is 12.5. The Morgan fingerprint density at radius 2 is 1.81 bits per heavy atom. The molecule has 0 radical (unpaired) electrons. The van der Waals surface area contributed by atoms with E-state index < -0.39 is 15.7 Å². The van der Waals surface area contributed by atoms with Crippen LogP contribution < -0.4 is 4.74 Å². The first-order valence-corrected chi connectivity index (χ1v) is 6.54. The molecule has 0 aromatic heterocycles. The van der Waals surface area contributed by atoms with Gasteiger partial charge in [-0.2, -0.15) is 8.78 Å². The van der Waals surface area contributed by atoms with Gasteiger partial charge in [0.05, 0.1) is 4.90 Å². The molecule has 7 heteroatoms. The lowest BCUT2D eigenvalue weighted by atomic mass is 10.1. The van der Waals surface area contributed by atoms with Crippen LogP contribution in [0.4, 0.5) is 8.78 Å². The van der Waals surface area contributed by atoms with E-state index in [0.29, 0.717) is 11.1 Å². The van der Waals surface area contributed by atoms with E-state index in [2.05, 4.69) is 4.74 Å². The van der Waals surface area contributed by atoms with Gasteiger partial charge in [0.2, 0.25) is 0 Å². The second-order valence-electron chi connectivity index (χ2n) is 3.13. The van der Waals surface area contributed by atoms with Crippen molar-refractivity contribution in [3.8, 4) is 5.75 Å². The number of halogens is 3. The normalized spacial score (nSPS) is 11.9. The van der Waals surface area contributed by atoms with E-state index in [1.807, 2.05) is 0 Å². The van der Waals surface area contributed by atoms with E-state index >= 15 is 0 Å². The molecule has 16 heavy (non-hydrogen) atoms. The summed E-state index contributed by atoms with van der Waals surface area (Å²) in [5.41, 5.74) is 0.621. The van der Waals surface area contributed by atoms with Crippen LogP contribution in [0.15, 0.2) is 17.0 Å². The van der Waals surface area contributed by atoms with Gasteiger partial charge in [-0.1, -0.05) is 0 Å². The van der Waals surface area contributed by atoms with Crippen molar-refractivity contribution < 1.29 is 21.9 Å². The largest absolute Gasteiger partial charge is 0.435 e. The lowest BCUT2D eigenvalue weighted by Crippen LogP contribution is -2.05. The highest BCUT2D eigenvalue weighted by molar-refractivity contribution is 8.13. The standard InChI is InChI=1S/C9H9ClF2O3S/c1-5-6(2)8(16(10,13)14)4-3-7(5)15-9(11)12/h3-4,9H,1-2H3. The highest BCUT2D eigenvalue weighted by Crippen LogP contribution is 2.29. The van der Waals surface area contributed by atoms with Crippen molar-refractivity contribution in [3.05, 3.63) is 23.3 Å². The van der Waals surface area contributed by atoms with Gasteiger partial charge in [-0.15, -0.1) is 0 Å². The number of benzene rings is 1. The van der Waals surface area contributed by atoms with Crippen LogP contribution in [0.3, 0.4) is 0 Å². The molecule has 0 saturated carbocycles. The van der Waals surface area contributed by atoms with E-state index in [1.54, 1.807) is 0 Å². The fraction of sp³-hybridized carbons (Fsp3) is 0.333. The highest BCUT2D eigenvalue weighted by atomic mass is 35.7. The molecule has 90 valence electrons. The van der Waals surface area contributed by atoms with E-state index in [9.17, 15) is 17.2 Å². The van der Waals surface area contributed by atoms with Crippen molar-refractivity contribution in [2.45, 2.75) is 25.4 Å². The zero-order valence-corrected chi connectivity index (χ0v) is 10.1.